The van der Waals surface area contributed by atoms with Gasteiger partial charge in [-0.25, -0.2) is 0 Å². The van der Waals surface area contributed by atoms with E-state index >= 15 is 0 Å². The van der Waals surface area contributed by atoms with E-state index in [0.29, 0.717) is 11.6 Å². The SMILES string of the molecule is C=CCO[n+]1ccc(Cl)cc1. The molecule has 11 heavy (non-hydrogen) atoms. The molecular formula is C8H9ClNO+. The second-order valence-corrected chi connectivity index (χ2v) is 2.40. The molecule has 3 heteroatoms. The Morgan fingerprint density at radius 1 is 1.55 bits per heavy atom. The Labute approximate surface area is 70.6 Å². The van der Waals surface area contributed by atoms with E-state index in [2.05, 4.69) is 6.58 Å². The molecule has 1 aromatic heterocycles. The number of halogens is 1. The van der Waals surface area contributed by atoms with E-state index in [1.165, 1.54) is 0 Å². The van der Waals surface area contributed by atoms with Crippen LogP contribution in [-0.4, -0.2) is 6.61 Å². The third-order valence-corrected chi connectivity index (χ3v) is 1.35. The van der Waals surface area contributed by atoms with Crippen LogP contribution < -0.4 is 9.57 Å². The van der Waals surface area contributed by atoms with E-state index in [1.807, 2.05) is 0 Å². The molecule has 0 aliphatic rings. The maximum absolute atomic E-state index is 5.66. The Balaban J connectivity index is 2.58. The van der Waals surface area contributed by atoms with Gasteiger partial charge in [0.25, 0.3) is 0 Å². The Hall–Kier alpha value is -1.02. The third kappa shape index (κ3) is 2.60. The van der Waals surface area contributed by atoms with Crippen LogP contribution in [0.15, 0.2) is 37.2 Å². The summed E-state index contributed by atoms with van der Waals surface area (Å²) in [5, 5.41) is 0.698. The molecule has 0 N–H and O–H groups in total. The minimum atomic E-state index is 0.492. The van der Waals surface area contributed by atoms with Crippen molar-refractivity contribution in [3.8, 4) is 0 Å². The lowest BCUT2D eigenvalue weighted by atomic mass is 10.5. The first-order valence-corrected chi connectivity index (χ1v) is 3.62. The summed E-state index contributed by atoms with van der Waals surface area (Å²) in [4.78, 5) is 5.15. The largest absolute Gasteiger partial charge is 0.267 e. The monoisotopic (exact) mass is 170 g/mol. The van der Waals surface area contributed by atoms with Crippen LogP contribution >= 0.6 is 11.6 Å². The van der Waals surface area contributed by atoms with Gasteiger partial charge in [0, 0.05) is 16.9 Å². The fourth-order valence-corrected chi connectivity index (χ4v) is 0.732. The average molecular weight is 171 g/mol. The van der Waals surface area contributed by atoms with Gasteiger partial charge in [-0.05, 0) is 6.08 Å². The molecule has 0 saturated heterocycles. The number of rotatable bonds is 3. The van der Waals surface area contributed by atoms with Gasteiger partial charge in [0.15, 0.2) is 6.61 Å². The van der Waals surface area contributed by atoms with Gasteiger partial charge in [0.05, 0.1) is 5.02 Å². The summed E-state index contributed by atoms with van der Waals surface area (Å²) in [6.45, 7) is 4.02. The van der Waals surface area contributed by atoms with Crippen LogP contribution in [0.4, 0.5) is 0 Å². The summed E-state index contributed by atoms with van der Waals surface area (Å²) < 4.78 is 1.58. The lowest BCUT2D eigenvalue weighted by Gasteiger charge is -1.92. The minimum Gasteiger partial charge on any atom is -0.267 e. The highest BCUT2D eigenvalue weighted by Gasteiger charge is 1.97. The first-order chi connectivity index (χ1) is 5.33. The van der Waals surface area contributed by atoms with Gasteiger partial charge in [-0.1, -0.05) is 18.2 Å². The fourth-order valence-electron chi connectivity index (χ4n) is 0.619. The smallest absolute Gasteiger partial charge is 0.223 e. The molecule has 0 aliphatic carbocycles. The topological polar surface area (TPSA) is 13.1 Å². The van der Waals surface area contributed by atoms with Crippen molar-refractivity contribution >= 4 is 11.6 Å². The van der Waals surface area contributed by atoms with Crippen molar-refractivity contribution in [1.29, 1.82) is 0 Å². The highest BCUT2D eigenvalue weighted by molar-refractivity contribution is 6.30. The van der Waals surface area contributed by atoms with E-state index in [-0.39, 0.29) is 0 Å². The Kier molecular flexibility index (Phi) is 2.93. The van der Waals surface area contributed by atoms with Gasteiger partial charge in [0.1, 0.15) is 0 Å². The molecule has 1 aromatic rings. The van der Waals surface area contributed by atoms with Gasteiger partial charge in [-0.15, -0.1) is 0 Å². The maximum atomic E-state index is 5.66. The van der Waals surface area contributed by atoms with Crippen molar-refractivity contribution in [3.63, 3.8) is 0 Å². The van der Waals surface area contributed by atoms with Crippen LogP contribution in [0.25, 0.3) is 0 Å². The Morgan fingerprint density at radius 3 is 2.73 bits per heavy atom. The van der Waals surface area contributed by atoms with Gasteiger partial charge in [0.2, 0.25) is 12.4 Å². The molecule has 1 heterocycles. The minimum absolute atomic E-state index is 0.492. The van der Waals surface area contributed by atoms with Gasteiger partial charge < -0.3 is 0 Å². The molecule has 0 unspecified atom stereocenters. The molecule has 0 bridgehead atoms. The average Bonchev–Trinajstić information content (AvgIpc) is 2.04. The molecule has 0 radical (unpaired) electrons. The molecule has 0 saturated carbocycles. The van der Waals surface area contributed by atoms with E-state index < -0.39 is 0 Å². The van der Waals surface area contributed by atoms with E-state index in [0.717, 1.165) is 0 Å². The summed E-state index contributed by atoms with van der Waals surface area (Å²) >= 11 is 5.66. The lowest BCUT2D eigenvalue weighted by Crippen LogP contribution is -2.41. The summed E-state index contributed by atoms with van der Waals surface area (Å²) in [6, 6.07) is 3.51. The van der Waals surface area contributed by atoms with Crippen molar-refractivity contribution in [2.75, 3.05) is 6.61 Å². The van der Waals surface area contributed by atoms with Gasteiger partial charge in [-0.2, -0.15) is 0 Å². The highest BCUT2D eigenvalue weighted by Crippen LogP contribution is 2.01. The number of aromatic nitrogens is 1. The summed E-state index contributed by atoms with van der Waals surface area (Å²) in [7, 11) is 0. The maximum Gasteiger partial charge on any atom is 0.223 e. The predicted molar refractivity (Wildman–Crippen MR) is 43.3 cm³/mol. The van der Waals surface area contributed by atoms with Crippen molar-refractivity contribution < 1.29 is 9.57 Å². The molecule has 0 aliphatic heterocycles. The van der Waals surface area contributed by atoms with E-state index in [4.69, 9.17) is 16.4 Å². The number of hydrogen-bond acceptors (Lipinski definition) is 1. The standard InChI is InChI=1S/C8H9ClNO/c1-2-7-11-10-5-3-8(9)4-6-10/h2-6H,1,7H2/q+1. The number of hydrogen-bond donors (Lipinski definition) is 0. The molecule has 0 fully saturated rings. The van der Waals surface area contributed by atoms with Crippen LogP contribution in [0.2, 0.25) is 5.02 Å². The highest BCUT2D eigenvalue weighted by atomic mass is 35.5. The molecular weight excluding hydrogens is 162 g/mol. The lowest BCUT2D eigenvalue weighted by molar-refractivity contribution is -0.889. The number of pyridine rings is 1. The summed E-state index contributed by atoms with van der Waals surface area (Å²) in [5.41, 5.74) is 0. The van der Waals surface area contributed by atoms with Gasteiger partial charge >= 0.3 is 0 Å². The van der Waals surface area contributed by atoms with Crippen molar-refractivity contribution in [2.45, 2.75) is 0 Å². The van der Waals surface area contributed by atoms with Crippen molar-refractivity contribution in [2.24, 2.45) is 0 Å². The van der Waals surface area contributed by atoms with Gasteiger partial charge in [-0.3, -0.25) is 4.84 Å². The van der Waals surface area contributed by atoms with Crippen LogP contribution in [0.3, 0.4) is 0 Å². The molecule has 58 valence electrons. The summed E-state index contributed by atoms with van der Waals surface area (Å²) in [5.74, 6) is 0. The van der Waals surface area contributed by atoms with E-state index in [9.17, 15) is 0 Å². The van der Waals surface area contributed by atoms with Crippen LogP contribution in [0.5, 0.6) is 0 Å². The first kappa shape index (κ1) is 8.08. The van der Waals surface area contributed by atoms with Crippen LogP contribution in [-0.2, 0) is 0 Å². The molecule has 0 spiro atoms. The first-order valence-electron chi connectivity index (χ1n) is 3.24. The Morgan fingerprint density at radius 2 is 2.18 bits per heavy atom. The summed E-state index contributed by atoms with van der Waals surface area (Å²) in [6.07, 6.45) is 5.17. The molecule has 0 aromatic carbocycles. The van der Waals surface area contributed by atoms with Crippen molar-refractivity contribution in [1.82, 2.24) is 0 Å². The van der Waals surface area contributed by atoms with Crippen molar-refractivity contribution in [3.05, 3.63) is 42.2 Å². The quantitative estimate of drug-likeness (QED) is 0.492. The van der Waals surface area contributed by atoms with Crippen LogP contribution in [0.1, 0.15) is 0 Å². The normalized spacial score (nSPS) is 9.18. The number of nitrogens with zero attached hydrogens (tertiary/aromatic N) is 1. The Bertz CT molecular complexity index is 232. The molecule has 0 atom stereocenters. The van der Waals surface area contributed by atoms with Crippen LogP contribution in [0, 0.1) is 0 Å². The fraction of sp³-hybridized carbons (Fsp3) is 0.125. The predicted octanol–water partition coefficient (Wildman–Crippen LogP) is 1.24. The second-order valence-electron chi connectivity index (χ2n) is 1.96. The molecule has 0 amide bonds. The molecule has 2 nitrogen and oxygen atoms in total. The zero-order valence-electron chi connectivity index (χ0n) is 6.03. The zero-order chi connectivity index (χ0) is 8.10. The third-order valence-electron chi connectivity index (χ3n) is 1.10. The zero-order valence-corrected chi connectivity index (χ0v) is 6.79. The molecule has 1 rings (SSSR count). The van der Waals surface area contributed by atoms with E-state index in [1.54, 1.807) is 35.3 Å². The second kappa shape index (κ2) is 3.98.